The summed E-state index contributed by atoms with van der Waals surface area (Å²) in [7, 11) is 0. The van der Waals surface area contributed by atoms with E-state index in [1.54, 1.807) is 0 Å². The average molecular weight is 335 g/mol. The van der Waals surface area contributed by atoms with Crippen LogP contribution in [-0.2, 0) is 6.54 Å². The molecule has 0 heterocycles. The highest BCUT2D eigenvalue weighted by molar-refractivity contribution is 9.10. The molecule has 0 fully saturated rings. The fourth-order valence-electron chi connectivity index (χ4n) is 1.60. The summed E-state index contributed by atoms with van der Waals surface area (Å²) >= 11 is 8.66. The van der Waals surface area contributed by atoms with Crippen molar-refractivity contribution in [3.8, 4) is 0 Å². The fourth-order valence-corrected chi connectivity index (χ4v) is 2.05. The van der Waals surface area contributed by atoms with Gasteiger partial charge in [0.2, 0.25) is 0 Å². The maximum atomic E-state index is 5.26. The second kappa shape index (κ2) is 6.68. The Morgan fingerprint density at radius 3 is 2.32 bits per heavy atom. The van der Waals surface area contributed by atoms with Gasteiger partial charge in [0.1, 0.15) is 0 Å². The molecule has 0 aliphatic heterocycles. The van der Waals surface area contributed by atoms with Crippen molar-refractivity contribution >= 4 is 38.9 Å². The molecule has 4 heteroatoms. The maximum absolute atomic E-state index is 5.26. The Bertz CT molecular complexity index is 549. The van der Waals surface area contributed by atoms with Gasteiger partial charge in [-0.3, -0.25) is 0 Å². The summed E-state index contributed by atoms with van der Waals surface area (Å²) in [6.07, 6.45) is 0. The van der Waals surface area contributed by atoms with Crippen LogP contribution in [0.4, 0.5) is 5.69 Å². The van der Waals surface area contributed by atoms with Gasteiger partial charge in [0.15, 0.2) is 5.11 Å². The lowest BCUT2D eigenvalue weighted by Crippen LogP contribution is -2.27. The van der Waals surface area contributed by atoms with Crippen molar-refractivity contribution in [3.05, 3.63) is 64.1 Å². The summed E-state index contributed by atoms with van der Waals surface area (Å²) in [6.45, 7) is 2.81. The summed E-state index contributed by atoms with van der Waals surface area (Å²) in [4.78, 5) is 0. The van der Waals surface area contributed by atoms with E-state index in [-0.39, 0.29) is 0 Å². The van der Waals surface area contributed by atoms with Gasteiger partial charge in [-0.15, -0.1) is 0 Å². The fraction of sp³-hybridized carbons (Fsp3) is 0.133. The number of hydrogen-bond acceptors (Lipinski definition) is 1. The third-order valence-electron chi connectivity index (χ3n) is 2.68. The normalized spacial score (nSPS) is 10.0. The number of rotatable bonds is 3. The minimum atomic E-state index is 0.628. The van der Waals surface area contributed by atoms with E-state index in [9.17, 15) is 0 Å². The highest BCUT2D eigenvalue weighted by Crippen LogP contribution is 2.13. The lowest BCUT2D eigenvalue weighted by atomic mass is 10.1. The standard InChI is InChI=1S/C15H15BrN2S/c1-11-2-4-12(5-3-11)10-17-15(19)18-14-8-6-13(16)7-9-14/h2-9H,10H2,1H3,(H2,17,18,19). The minimum Gasteiger partial charge on any atom is -0.358 e. The monoisotopic (exact) mass is 334 g/mol. The molecular formula is C15H15BrN2S. The molecule has 2 aromatic rings. The molecule has 98 valence electrons. The Kier molecular flexibility index (Phi) is 4.93. The summed E-state index contributed by atoms with van der Waals surface area (Å²) in [5.74, 6) is 0. The smallest absolute Gasteiger partial charge is 0.171 e. The summed E-state index contributed by atoms with van der Waals surface area (Å²) in [5, 5.41) is 6.97. The van der Waals surface area contributed by atoms with Crippen molar-refractivity contribution < 1.29 is 0 Å². The number of benzene rings is 2. The van der Waals surface area contributed by atoms with Crippen molar-refractivity contribution in [3.63, 3.8) is 0 Å². The van der Waals surface area contributed by atoms with Gasteiger partial charge in [-0.1, -0.05) is 45.8 Å². The zero-order valence-corrected chi connectivity index (χ0v) is 13.0. The van der Waals surface area contributed by atoms with Gasteiger partial charge in [0, 0.05) is 16.7 Å². The van der Waals surface area contributed by atoms with Gasteiger partial charge < -0.3 is 10.6 Å². The van der Waals surface area contributed by atoms with Gasteiger partial charge in [0.25, 0.3) is 0 Å². The van der Waals surface area contributed by atoms with Crippen molar-refractivity contribution in [2.45, 2.75) is 13.5 Å². The lowest BCUT2D eigenvalue weighted by Gasteiger charge is -2.10. The van der Waals surface area contributed by atoms with Crippen molar-refractivity contribution in [2.24, 2.45) is 0 Å². The molecule has 0 aliphatic carbocycles. The number of aryl methyl sites for hydroxylation is 1. The second-order valence-electron chi connectivity index (χ2n) is 4.30. The van der Waals surface area contributed by atoms with Crippen LogP contribution in [0.1, 0.15) is 11.1 Å². The number of anilines is 1. The Hall–Kier alpha value is -1.39. The molecule has 0 saturated carbocycles. The van der Waals surface area contributed by atoms with Gasteiger partial charge in [-0.25, -0.2) is 0 Å². The minimum absolute atomic E-state index is 0.628. The molecule has 0 saturated heterocycles. The molecule has 0 amide bonds. The second-order valence-corrected chi connectivity index (χ2v) is 5.62. The molecule has 2 aromatic carbocycles. The first-order valence-electron chi connectivity index (χ1n) is 5.99. The quantitative estimate of drug-likeness (QED) is 0.821. The Labute approximate surface area is 127 Å². The van der Waals surface area contributed by atoms with Crippen molar-refractivity contribution in [1.29, 1.82) is 0 Å². The van der Waals surface area contributed by atoms with E-state index < -0.39 is 0 Å². The third kappa shape index (κ3) is 4.65. The first-order valence-corrected chi connectivity index (χ1v) is 7.19. The SMILES string of the molecule is Cc1ccc(CNC(=S)Nc2ccc(Br)cc2)cc1. The Morgan fingerprint density at radius 2 is 1.68 bits per heavy atom. The molecule has 0 unspecified atom stereocenters. The molecule has 2 N–H and O–H groups in total. The van der Waals surface area contributed by atoms with Crippen LogP contribution in [0.3, 0.4) is 0 Å². The molecular weight excluding hydrogens is 320 g/mol. The highest BCUT2D eigenvalue weighted by Gasteiger charge is 1.98. The molecule has 0 aromatic heterocycles. The van der Waals surface area contributed by atoms with E-state index in [2.05, 4.69) is 57.8 Å². The first-order chi connectivity index (χ1) is 9.13. The van der Waals surface area contributed by atoms with E-state index in [0.717, 1.165) is 16.7 Å². The molecule has 0 aliphatic rings. The molecule has 2 nitrogen and oxygen atoms in total. The topological polar surface area (TPSA) is 24.1 Å². The number of hydrogen-bond donors (Lipinski definition) is 2. The van der Waals surface area contributed by atoms with Gasteiger partial charge in [-0.2, -0.15) is 0 Å². The Morgan fingerprint density at radius 1 is 1.05 bits per heavy atom. The average Bonchev–Trinajstić information content (AvgIpc) is 2.41. The van der Waals surface area contributed by atoms with Crippen molar-refractivity contribution in [2.75, 3.05) is 5.32 Å². The lowest BCUT2D eigenvalue weighted by molar-refractivity contribution is 0.925. The predicted molar refractivity (Wildman–Crippen MR) is 88.4 cm³/mol. The highest BCUT2D eigenvalue weighted by atomic mass is 79.9. The molecule has 0 spiro atoms. The van der Waals surface area contributed by atoms with Crippen molar-refractivity contribution in [1.82, 2.24) is 5.32 Å². The van der Waals surface area contributed by atoms with E-state index in [1.165, 1.54) is 11.1 Å². The number of halogens is 1. The predicted octanol–water partition coefficient (Wildman–Crippen LogP) is 4.24. The van der Waals surface area contributed by atoms with Crippen LogP contribution >= 0.6 is 28.1 Å². The van der Waals surface area contributed by atoms with Gasteiger partial charge in [-0.05, 0) is 49.0 Å². The van der Waals surface area contributed by atoms with Crippen LogP contribution < -0.4 is 10.6 Å². The summed E-state index contributed by atoms with van der Waals surface area (Å²) in [6, 6.07) is 16.3. The first kappa shape index (κ1) is 14.0. The number of thiocarbonyl (C=S) groups is 1. The van der Waals surface area contributed by atoms with E-state index in [0.29, 0.717) is 5.11 Å². The largest absolute Gasteiger partial charge is 0.358 e. The van der Waals surface area contributed by atoms with Crippen LogP contribution in [0.15, 0.2) is 53.0 Å². The van der Waals surface area contributed by atoms with Crippen LogP contribution in [0.25, 0.3) is 0 Å². The van der Waals surface area contributed by atoms with Crippen LogP contribution in [0.2, 0.25) is 0 Å². The molecule has 0 atom stereocenters. The zero-order chi connectivity index (χ0) is 13.7. The van der Waals surface area contributed by atoms with Crippen LogP contribution in [0, 0.1) is 6.92 Å². The molecule has 0 radical (unpaired) electrons. The molecule has 0 bridgehead atoms. The van der Waals surface area contributed by atoms with Crippen LogP contribution in [0.5, 0.6) is 0 Å². The van der Waals surface area contributed by atoms with E-state index in [1.807, 2.05) is 24.3 Å². The third-order valence-corrected chi connectivity index (χ3v) is 3.45. The summed E-state index contributed by atoms with van der Waals surface area (Å²) in [5.41, 5.74) is 3.45. The maximum Gasteiger partial charge on any atom is 0.171 e. The van der Waals surface area contributed by atoms with Crippen LogP contribution in [-0.4, -0.2) is 5.11 Å². The van der Waals surface area contributed by atoms with Gasteiger partial charge >= 0.3 is 0 Å². The molecule has 2 rings (SSSR count). The summed E-state index contributed by atoms with van der Waals surface area (Å²) < 4.78 is 1.05. The zero-order valence-electron chi connectivity index (χ0n) is 10.6. The number of nitrogens with one attached hydrogen (secondary N) is 2. The molecule has 19 heavy (non-hydrogen) atoms. The Balaban J connectivity index is 1.84. The van der Waals surface area contributed by atoms with E-state index in [4.69, 9.17) is 12.2 Å². The van der Waals surface area contributed by atoms with E-state index >= 15 is 0 Å². The van der Waals surface area contributed by atoms with Gasteiger partial charge in [0.05, 0.1) is 0 Å².